The van der Waals surface area contributed by atoms with Gasteiger partial charge in [-0.25, -0.2) is 9.18 Å². The zero-order valence-corrected chi connectivity index (χ0v) is 28.4. The molecule has 0 bridgehead atoms. The van der Waals surface area contributed by atoms with Crippen molar-refractivity contribution in [3.05, 3.63) is 47.3 Å². The molecule has 2 amide bonds. The number of benzene rings is 1. The third kappa shape index (κ3) is 10.5. The van der Waals surface area contributed by atoms with Crippen molar-refractivity contribution >= 4 is 29.7 Å². The number of esters is 1. The lowest BCUT2D eigenvalue weighted by atomic mass is 9.91. The quantitative estimate of drug-likeness (QED) is 0.347. The van der Waals surface area contributed by atoms with E-state index in [2.05, 4.69) is 4.90 Å². The molecule has 12 heteroatoms. The number of rotatable bonds is 7. The van der Waals surface area contributed by atoms with E-state index in [9.17, 15) is 23.9 Å². The Kier molecular flexibility index (Phi) is 13.2. The van der Waals surface area contributed by atoms with E-state index in [0.717, 1.165) is 13.1 Å². The number of piperazine rings is 2. The lowest BCUT2D eigenvalue weighted by Gasteiger charge is -2.35. The Bertz CT molecular complexity index is 1300. The molecule has 0 unspecified atom stereocenters. The summed E-state index contributed by atoms with van der Waals surface area (Å²) >= 11 is 0. The maximum atomic E-state index is 14.9. The Morgan fingerprint density at radius 2 is 1.81 bits per heavy atom. The topological polar surface area (TPSA) is 112 Å². The number of halogens is 1. The minimum absolute atomic E-state index is 0.0457. The minimum Gasteiger partial charge on any atom is -0.457 e. The molecular formula is C35H51FN4O7. The van der Waals surface area contributed by atoms with Crippen LogP contribution in [0.3, 0.4) is 0 Å². The van der Waals surface area contributed by atoms with Crippen LogP contribution in [0.5, 0.6) is 0 Å². The van der Waals surface area contributed by atoms with E-state index in [4.69, 9.17) is 14.2 Å². The van der Waals surface area contributed by atoms with Gasteiger partial charge >= 0.3 is 12.1 Å². The van der Waals surface area contributed by atoms with Gasteiger partial charge in [-0.15, -0.1) is 0 Å². The first-order chi connectivity index (χ1) is 22.4. The fourth-order valence-electron chi connectivity index (χ4n) is 6.20. The van der Waals surface area contributed by atoms with Gasteiger partial charge in [-0.1, -0.05) is 26.0 Å². The summed E-state index contributed by atoms with van der Waals surface area (Å²) in [4.78, 5) is 46.2. The molecule has 4 rings (SSSR count). The van der Waals surface area contributed by atoms with E-state index in [1.807, 2.05) is 50.9 Å². The van der Waals surface area contributed by atoms with Gasteiger partial charge in [0, 0.05) is 64.5 Å². The summed E-state index contributed by atoms with van der Waals surface area (Å²) in [6.07, 6.45) is 3.79. The van der Waals surface area contributed by atoms with Crippen LogP contribution in [0.4, 0.5) is 14.9 Å². The number of hydrogen-bond donors (Lipinski definition) is 1. The van der Waals surface area contributed by atoms with Crippen molar-refractivity contribution in [1.82, 2.24) is 14.7 Å². The molecule has 0 spiro atoms. The fraction of sp³-hybridized carbons (Fsp3) is 0.629. The predicted molar refractivity (Wildman–Crippen MR) is 177 cm³/mol. The van der Waals surface area contributed by atoms with Crippen LogP contribution in [-0.2, 0) is 23.8 Å². The molecule has 2 saturated heterocycles. The monoisotopic (exact) mass is 658 g/mol. The van der Waals surface area contributed by atoms with E-state index in [1.165, 1.54) is 12.1 Å². The van der Waals surface area contributed by atoms with Crippen molar-refractivity contribution < 1.29 is 38.1 Å². The molecule has 1 N–H and O–H groups in total. The molecule has 0 aliphatic carbocycles. The largest absolute Gasteiger partial charge is 0.457 e. The van der Waals surface area contributed by atoms with Gasteiger partial charge in [0.15, 0.2) is 0 Å². The number of methoxy groups -OCH3 is 1. The summed E-state index contributed by atoms with van der Waals surface area (Å²) < 4.78 is 31.9. The highest BCUT2D eigenvalue weighted by molar-refractivity contribution is 5.83. The van der Waals surface area contributed by atoms with Crippen LogP contribution in [-0.4, -0.2) is 129 Å². The number of cyclic esters (lactones) is 1. The van der Waals surface area contributed by atoms with Crippen LogP contribution >= 0.6 is 0 Å². The van der Waals surface area contributed by atoms with Gasteiger partial charge in [0.05, 0.1) is 25.7 Å². The summed E-state index contributed by atoms with van der Waals surface area (Å²) in [5.41, 5.74) is 1.84. The van der Waals surface area contributed by atoms with E-state index in [0.29, 0.717) is 69.0 Å². The lowest BCUT2D eigenvalue weighted by molar-refractivity contribution is -0.151. The van der Waals surface area contributed by atoms with Crippen LogP contribution in [0.15, 0.2) is 35.9 Å². The Morgan fingerprint density at radius 3 is 2.51 bits per heavy atom. The van der Waals surface area contributed by atoms with Crippen molar-refractivity contribution in [3.63, 3.8) is 0 Å². The summed E-state index contributed by atoms with van der Waals surface area (Å²) in [7, 11) is 3.62. The third-order valence-corrected chi connectivity index (χ3v) is 9.25. The normalized spacial score (nSPS) is 27.9. The summed E-state index contributed by atoms with van der Waals surface area (Å²) in [6, 6.07) is 4.64. The molecule has 3 aliphatic rings. The van der Waals surface area contributed by atoms with Gasteiger partial charge in [0.1, 0.15) is 18.0 Å². The Morgan fingerprint density at radius 1 is 1.06 bits per heavy atom. The van der Waals surface area contributed by atoms with Crippen molar-refractivity contribution in [2.75, 3.05) is 78.0 Å². The number of carbonyl (C=O) groups excluding carboxylic acids is 3. The zero-order chi connectivity index (χ0) is 34.1. The highest BCUT2D eigenvalue weighted by atomic mass is 19.1. The summed E-state index contributed by atoms with van der Waals surface area (Å²) in [5, 5.41) is 10.6. The summed E-state index contributed by atoms with van der Waals surface area (Å²) in [6.45, 7) is 10.6. The molecule has 3 heterocycles. The van der Waals surface area contributed by atoms with E-state index >= 15 is 0 Å². The molecule has 47 heavy (non-hydrogen) atoms. The number of nitrogens with zero attached hydrogens (tertiary/aromatic N) is 4. The van der Waals surface area contributed by atoms with Gasteiger partial charge < -0.3 is 38.9 Å². The molecule has 0 aromatic heterocycles. The lowest BCUT2D eigenvalue weighted by Crippen LogP contribution is -2.51. The van der Waals surface area contributed by atoms with Gasteiger partial charge in [0.25, 0.3) is 0 Å². The van der Waals surface area contributed by atoms with Crippen molar-refractivity contribution in [3.8, 4) is 0 Å². The standard InChI is InChI=1S/C35H51FN4O7/c1-24-6-8-30(41)22-33(43)47-34(25(2)7-9-31(24)46-35(44)39-12-10-37(4)11-13-39)26(3)18-27-19-28(36)21-29(20-27)40-15-14-38(16-17-45-5)32(42)23-40/h7,9,18-21,24-25,30-31,34,41H,6,8,10-17,22-23H2,1-5H3/b9-7+,26-18+/t24-,25-,30+,31-,34-/m0/s1. The second-order valence-corrected chi connectivity index (χ2v) is 13.1. The third-order valence-electron chi connectivity index (χ3n) is 9.25. The number of aliphatic hydroxyl groups excluding tert-OH is 1. The molecule has 1 aromatic carbocycles. The number of hydrogen-bond acceptors (Lipinski definition) is 9. The second-order valence-electron chi connectivity index (χ2n) is 13.1. The number of carbonyl (C=O) groups is 3. The Labute approximate surface area is 277 Å². The molecule has 5 atom stereocenters. The maximum Gasteiger partial charge on any atom is 0.410 e. The highest BCUT2D eigenvalue weighted by Gasteiger charge is 2.29. The van der Waals surface area contributed by atoms with E-state index in [1.54, 1.807) is 23.0 Å². The van der Waals surface area contributed by atoms with Crippen molar-refractivity contribution in [2.24, 2.45) is 11.8 Å². The Hall–Kier alpha value is -3.48. The first-order valence-corrected chi connectivity index (χ1v) is 16.6. The van der Waals surface area contributed by atoms with Gasteiger partial charge in [-0.05, 0) is 68.1 Å². The van der Waals surface area contributed by atoms with Crippen LogP contribution in [0.25, 0.3) is 6.08 Å². The molecule has 0 saturated carbocycles. The first-order valence-electron chi connectivity index (χ1n) is 16.6. The van der Waals surface area contributed by atoms with Crippen LogP contribution in [0.1, 0.15) is 45.6 Å². The second kappa shape index (κ2) is 17.1. The molecule has 1 aromatic rings. The molecule has 11 nitrogen and oxygen atoms in total. The van der Waals surface area contributed by atoms with Crippen molar-refractivity contribution in [2.45, 2.75) is 58.3 Å². The average molecular weight is 659 g/mol. The zero-order valence-electron chi connectivity index (χ0n) is 28.4. The minimum atomic E-state index is -0.897. The summed E-state index contributed by atoms with van der Waals surface area (Å²) in [5.74, 6) is -1.42. The predicted octanol–water partition coefficient (Wildman–Crippen LogP) is 3.56. The smallest absolute Gasteiger partial charge is 0.410 e. The average Bonchev–Trinajstić information content (AvgIpc) is 3.03. The number of anilines is 1. The highest BCUT2D eigenvalue weighted by Crippen LogP contribution is 2.28. The number of ether oxygens (including phenoxy) is 3. The molecular weight excluding hydrogens is 607 g/mol. The number of aliphatic hydroxyl groups is 1. The number of likely N-dealkylation sites (N-methyl/N-ethyl adjacent to an activating group) is 1. The van der Waals surface area contributed by atoms with Gasteiger partial charge in [-0.3, -0.25) is 9.59 Å². The molecule has 3 aliphatic heterocycles. The molecule has 0 radical (unpaired) electrons. The molecule has 2 fully saturated rings. The van der Waals surface area contributed by atoms with Crippen LogP contribution in [0.2, 0.25) is 0 Å². The SMILES string of the molecule is COCCN1CCN(c2cc(F)cc(/C=C(\C)[C@H]3OC(=O)C[C@H](O)CC[C@H](C)[C@@H](OC(=O)N4CCN(C)CC4)/C=C/[C@@H]3C)c2)CC1=O. The maximum absolute atomic E-state index is 14.9. The van der Waals surface area contributed by atoms with E-state index < -0.39 is 30.1 Å². The van der Waals surface area contributed by atoms with E-state index in [-0.39, 0.29) is 36.8 Å². The van der Waals surface area contributed by atoms with Gasteiger partial charge in [-0.2, -0.15) is 0 Å². The fourth-order valence-corrected chi connectivity index (χ4v) is 6.20. The first kappa shape index (κ1) is 36.4. The van der Waals surface area contributed by atoms with Gasteiger partial charge in [0.2, 0.25) is 5.91 Å². The van der Waals surface area contributed by atoms with Crippen LogP contribution in [0, 0.1) is 17.7 Å². The number of amides is 2. The molecule has 260 valence electrons. The van der Waals surface area contributed by atoms with Crippen molar-refractivity contribution in [1.29, 1.82) is 0 Å². The Balaban J connectivity index is 1.54. The van der Waals surface area contributed by atoms with Crippen LogP contribution < -0.4 is 4.90 Å².